The summed E-state index contributed by atoms with van der Waals surface area (Å²) in [6.45, 7) is 8.90. The van der Waals surface area contributed by atoms with E-state index >= 15 is 0 Å². The molecule has 308 valence electrons. The van der Waals surface area contributed by atoms with Crippen LogP contribution in [-0.4, -0.2) is 37.2 Å². The normalized spacial score (nSPS) is 11.9. The fraction of sp³-hybridized carbons (Fsp3) is 0.935. The predicted molar refractivity (Wildman–Crippen MR) is 220 cm³/mol. The molecule has 0 aromatic heterocycles. The molecule has 0 spiro atoms. The highest BCUT2D eigenvalue weighted by atomic mass is 16.6. The second-order valence-electron chi connectivity index (χ2n) is 16.2. The number of hydrogen-bond donors (Lipinski definition) is 0. The van der Waals surface area contributed by atoms with Crippen LogP contribution in [0.15, 0.2) is 0 Å². The Labute approximate surface area is 323 Å². The van der Waals surface area contributed by atoms with Crippen molar-refractivity contribution < 1.29 is 28.6 Å². The lowest BCUT2D eigenvalue weighted by Crippen LogP contribution is -2.30. The second kappa shape index (κ2) is 40.6. The molecule has 0 saturated heterocycles. The number of ether oxygens (including phenoxy) is 3. The van der Waals surface area contributed by atoms with Gasteiger partial charge < -0.3 is 14.2 Å². The maximum atomic E-state index is 12.5. The van der Waals surface area contributed by atoms with Crippen molar-refractivity contribution in [1.29, 1.82) is 0 Å². The zero-order chi connectivity index (χ0) is 38.2. The molecule has 0 aromatic rings. The minimum Gasteiger partial charge on any atom is -0.462 e. The van der Waals surface area contributed by atoms with Gasteiger partial charge in [0, 0.05) is 19.3 Å². The molecule has 0 fully saturated rings. The fourth-order valence-electron chi connectivity index (χ4n) is 6.80. The Hall–Kier alpha value is -1.59. The SMILES string of the molecule is CCCCCCCCCCCCCCCCCCCC(=O)OC[C@H](COC(=O)CCCCCCCCCCCC(C)C)OC(=O)CCCCCCC. The summed E-state index contributed by atoms with van der Waals surface area (Å²) >= 11 is 0. The smallest absolute Gasteiger partial charge is 0.306 e. The highest BCUT2D eigenvalue weighted by Gasteiger charge is 2.19. The Kier molecular flexibility index (Phi) is 39.4. The number of unbranched alkanes of at least 4 members (excludes halogenated alkanes) is 28. The van der Waals surface area contributed by atoms with Gasteiger partial charge in [0.05, 0.1) is 0 Å². The summed E-state index contributed by atoms with van der Waals surface area (Å²) in [6, 6.07) is 0. The van der Waals surface area contributed by atoms with Crippen LogP contribution in [0.1, 0.15) is 252 Å². The maximum Gasteiger partial charge on any atom is 0.306 e. The number of carbonyl (C=O) groups excluding carboxylic acids is 3. The summed E-state index contributed by atoms with van der Waals surface area (Å²) in [5, 5.41) is 0. The molecule has 1 atom stereocenters. The second-order valence-corrected chi connectivity index (χ2v) is 16.2. The van der Waals surface area contributed by atoms with E-state index in [-0.39, 0.29) is 31.1 Å². The molecule has 0 heterocycles. The van der Waals surface area contributed by atoms with Crippen LogP contribution in [0.3, 0.4) is 0 Å². The molecule has 0 radical (unpaired) electrons. The van der Waals surface area contributed by atoms with Crippen LogP contribution in [0.4, 0.5) is 0 Å². The van der Waals surface area contributed by atoms with Gasteiger partial charge in [-0.15, -0.1) is 0 Å². The standard InChI is InChI=1S/C46H88O6/c1-5-7-9-11-12-13-14-15-16-17-18-19-20-23-26-30-33-37-44(47)50-40-43(52-46(49)39-35-28-10-8-6-2)41-51-45(48)38-34-31-27-24-21-22-25-29-32-36-42(3)4/h42-43H,5-41H2,1-4H3/t43-/m1/s1. The van der Waals surface area contributed by atoms with E-state index in [4.69, 9.17) is 14.2 Å². The van der Waals surface area contributed by atoms with Crippen molar-refractivity contribution in [2.75, 3.05) is 13.2 Å². The van der Waals surface area contributed by atoms with Crippen LogP contribution in [0.2, 0.25) is 0 Å². The molecule has 0 aromatic carbocycles. The van der Waals surface area contributed by atoms with E-state index in [2.05, 4.69) is 27.7 Å². The lowest BCUT2D eigenvalue weighted by molar-refractivity contribution is -0.167. The predicted octanol–water partition coefficient (Wildman–Crippen LogP) is 14.3. The van der Waals surface area contributed by atoms with Crippen LogP contribution in [0, 0.1) is 5.92 Å². The van der Waals surface area contributed by atoms with Crippen LogP contribution < -0.4 is 0 Å². The monoisotopic (exact) mass is 737 g/mol. The molecule has 0 unspecified atom stereocenters. The van der Waals surface area contributed by atoms with Crippen LogP contribution in [0.25, 0.3) is 0 Å². The summed E-state index contributed by atoms with van der Waals surface area (Å²) in [7, 11) is 0. The van der Waals surface area contributed by atoms with E-state index in [1.807, 2.05) is 0 Å². The molecule has 0 N–H and O–H groups in total. The number of rotatable bonds is 41. The highest BCUT2D eigenvalue weighted by Crippen LogP contribution is 2.16. The molecule has 52 heavy (non-hydrogen) atoms. The van der Waals surface area contributed by atoms with Gasteiger partial charge in [-0.05, 0) is 25.2 Å². The summed E-state index contributed by atoms with van der Waals surface area (Å²) in [5.41, 5.74) is 0. The summed E-state index contributed by atoms with van der Waals surface area (Å²) in [4.78, 5) is 37.4. The van der Waals surface area contributed by atoms with E-state index in [0.29, 0.717) is 19.3 Å². The van der Waals surface area contributed by atoms with Gasteiger partial charge in [0.1, 0.15) is 13.2 Å². The van der Waals surface area contributed by atoms with Crippen molar-refractivity contribution in [1.82, 2.24) is 0 Å². The third-order valence-corrected chi connectivity index (χ3v) is 10.3. The molecule has 0 saturated carbocycles. The highest BCUT2D eigenvalue weighted by molar-refractivity contribution is 5.71. The Balaban J connectivity index is 4.10. The first-order chi connectivity index (χ1) is 25.4. The average molecular weight is 737 g/mol. The van der Waals surface area contributed by atoms with Gasteiger partial charge in [0.25, 0.3) is 0 Å². The lowest BCUT2D eigenvalue weighted by atomic mass is 10.0. The quantitative estimate of drug-likeness (QED) is 0.0353. The minimum atomic E-state index is -0.757. The molecule has 0 rings (SSSR count). The fourth-order valence-corrected chi connectivity index (χ4v) is 6.80. The molecule has 0 aliphatic rings. The van der Waals surface area contributed by atoms with Crippen molar-refractivity contribution in [2.45, 2.75) is 259 Å². The zero-order valence-corrected chi connectivity index (χ0v) is 35.3. The Morgan fingerprint density at radius 3 is 0.942 bits per heavy atom. The molecule has 6 heteroatoms. The van der Waals surface area contributed by atoms with Crippen molar-refractivity contribution in [3.05, 3.63) is 0 Å². The first kappa shape index (κ1) is 50.4. The molecular weight excluding hydrogens is 649 g/mol. The molecule has 0 bridgehead atoms. The zero-order valence-electron chi connectivity index (χ0n) is 35.3. The van der Waals surface area contributed by atoms with E-state index in [0.717, 1.165) is 70.1 Å². The van der Waals surface area contributed by atoms with Gasteiger partial charge in [-0.25, -0.2) is 0 Å². The van der Waals surface area contributed by atoms with Gasteiger partial charge in [-0.3, -0.25) is 14.4 Å². The van der Waals surface area contributed by atoms with E-state index in [1.165, 1.54) is 141 Å². The lowest BCUT2D eigenvalue weighted by Gasteiger charge is -2.18. The van der Waals surface area contributed by atoms with E-state index in [1.54, 1.807) is 0 Å². The summed E-state index contributed by atoms with van der Waals surface area (Å²) in [5.74, 6) is -0.0609. The van der Waals surface area contributed by atoms with Crippen molar-refractivity contribution in [3.63, 3.8) is 0 Å². The average Bonchev–Trinajstić information content (AvgIpc) is 3.12. The number of esters is 3. The minimum absolute atomic E-state index is 0.0654. The first-order valence-electron chi connectivity index (χ1n) is 22.9. The maximum absolute atomic E-state index is 12.5. The van der Waals surface area contributed by atoms with Crippen LogP contribution >= 0.6 is 0 Å². The molecule has 6 nitrogen and oxygen atoms in total. The Morgan fingerprint density at radius 2 is 0.635 bits per heavy atom. The summed E-state index contributed by atoms with van der Waals surface area (Å²) < 4.78 is 16.6. The largest absolute Gasteiger partial charge is 0.462 e. The van der Waals surface area contributed by atoms with Gasteiger partial charge in [-0.1, -0.05) is 214 Å². The van der Waals surface area contributed by atoms with Crippen molar-refractivity contribution in [2.24, 2.45) is 5.92 Å². The van der Waals surface area contributed by atoms with Gasteiger partial charge in [0.15, 0.2) is 6.10 Å². The topological polar surface area (TPSA) is 78.9 Å². The summed E-state index contributed by atoms with van der Waals surface area (Å²) in [6.07, 6.45) is 39.8. The molecule has 0 aliphatic heterocycles. The first-order valence-corrected chi connectivity index (χ1v) is 22.9. The van der Waals surface area contributed by atoms with E-state index < -0.39 is 6.10 Å². The van der Waals surface area contributed by atoms with Gasteiger partial charge in [0.2, 0.25) is 0 Å². The van der Waals surface area contributed by atoms with E-state index in [9.17, 15) is 14.4 Å². The number of hydrogen-bond acceptors (Lipinski definition) is 6. The number of carbonyl (C=O) groups is 3. The van der Waals surface area contributed by atoms with Crippen LogP contribution in [0.5, 0.6) is 0 Å². The third-order valence-electron chi connectivity index (χ3n) is 10.3. The third kappa shape index (κ3) is 39.6. The van der Waals surface area contributed by atoms with Crippen LogP contribution in [-0.2, 0) is 28.6 Å². The molecule has 0 amide bonds. The molecule has 0 aliphatic carbocycles. The van der Waals surface area contributed by atoms with Crippen molar-refractivity contribution in [3.8, 4) is 0 Å². The Bertz CT molecular complexity index is 781. The van der Waals surface area contributed by atoms with Gasteiger partial charge >= 0.3 is 17.9 Å². The Morgan fingerprint density at radius 1 is 0.365 bits per heavy atom. The molecular formula is C46H88O6. The van der Waals surface area contributed by atoms with Gasteiger partial charge in [-0.2, -0.15) is 0 Å². The van der Waals surface area contributed by atoms with Crippen molar-refractivity contribution >= 4 is 17.9 Å².